The predicted octanol–water partition coefficient (Wildman–Crippen LogP) is 3.27. The molecule has 2 aromatic rings. The number of pyridine rings is 1. The van der Waals surface area contributed by atoms with E-state index >= 15 is 0 Å². The number of nitrogen functional groups attached to an aromatic ring is 1. The normalized spacial score (nSPS) is 22.2. The number of aromatic nitrogens is 1. The lowest BCUT2D eigenvalue weighted by molar-refractivity contribution is -0.129. The van der Waals surface area contributed by atoms with Crippen LogP contribution >= 0.6 is 0 Å². The Morgan fingerprint density at radius 1 is 1.12 bits per heavy atom. The molecular formula is C20H22FN3O. The van der Waals surface area contributed by atoms with Crippen LogP contribution < -0.4 is 5.73 Å². The number of amides is 1. The van der Waals surface area contributed by atoms with Crippen LogP contribution in [0.3, 0.4) is 0 Å². The quantitative estimate of drug-likeness (QED) is 0.934. The zero-order valence-electron chi connectivity index (χ0n) is 14.1. The fourth-order valence-electron chi connectivity index (χ4n) is 4.13. The number of rotatable bonds is 3. The highest BCUT2D eigenvalue weighted by Gasteiger charge is 2.37. The molecule has 2 N–H and O–H groups in total. The second-order valence-corrected chi connectivity index (χ2v) is 7.17. The number of nitrogens with zero attached hydrogens (tertiary/aromatic N) is 2. The second kappa shape index (κ2) is 6.47. The molecule has 1 aromatic heterocycles. The van der Waals surface area contributed by atoms with Crippen molar-refractivity contribution in [1.29, 1.82) is 0 Å². The van der Waals surface area contributed by atoms with Crippen LogP contribution in [0, 0.1) is 17.7 Å². The highest BCUT2D eigenvalue weighted by molar-refractivity contribution is 5.80. The molecule has 0 spiro atoms. The van der Waals surface area contributed by atoms with Crippen LogP contribution in [0.15, 0.2) is 36.4 Å². The summed E-state index contributed by atoms with van der Waals surface area (Å²) in [7, 11) is 0. The molecule has 5 heteroatoms. The number of hydrogen-bond acceptors (Lipinski definition) is 3. The molecule has 1 aromatic carbocycles. The maximum atomic E-state index is 13.1. The van der Waals surface area contributed by atoms with Crippen molar-refractivity contribution >= 4 is 11.6 Å². The number of hydrogen-bond donors (Lipinski definition) is 1. The van der Waals surface area contributed by atoms with Gasteiger partial charge in [-0.3, -0.25) is 9.78 Å². The lowest BCUT2D eigenvalue weighted by atomic mass is 10.0. The van der Waals surface area contributed by atoms with Gasteiger partial charge in [0, 0.05) is 18.7 Å². The van der Waals surface area contributed by atoms with Gasteiger partial charge in [0.05, 0.1) is 23.5 Å². The zero-order chi connectivity index (χ0) is 17.4. The lowest BCUT2D eigenvalue weighted by Gasteiger charge is -2.18. The molecule has 0 radical (unpaired) electrons. The Kier molecular flexibility index (Phi) is 4.15. The highest BCUT2D eigenvalue weighted by atomic mass is 19.1. The van der Waals surface area contributed by atoms with E-state index in [0.717, 1.165) is 18.7 Å². The standard InChI is InChI=1S/C20H22FN3O/c21-16-6-4-13(5-7-16)18-9-8-17(22)19(23-18)10-20(25)24-11-14-2-1-3-15(14)12-24/h4-9,14-15H,1-3,10-12,22H2. The van der Waals surface area contributed by atoms with Crippen LogP contribution in [0.2, 0.25) is 0 Å². The van der Waals surface area contributed by atoms with Gasteiger partial charge >= 0.3 is 0 Å². The third kappa shape index (κ3) is 3.23. The number of anilines is 1. The summed E-state index contributed by atoms with van der Waals surface area (Å²) in [4.78, 5) is 19.2. The first-order valence-corrected chi connectivity index (χ1v) is 8.89. The Morgan fingerprint density at radius 3 is 2.48 bits per heavy atom. The molecule has 1 aliphatic heterocycles. The average Bonchev–Trinajstić information content (AvgIpc) is 3.19. The second-order valence-electron chi connectivity index (χ2n) is 7.17. The summed E-state index contributed by atoms with van der Waals surface area (Å²) in [5.74, 6) is 1.18. The van der Waals surface area contributed by atoms with Gasteiger partial charge in [-0.25, -0.2) is 4.39 Å². The monoisotopic (exact) mass is 339 g/mol. The van der Waals surface area contributed by atoms with Gasteiger partial charge in [0.15, 0.2) is 0 Å². The number of benzene rings is 1. The number of fused-ring (bicyclic) bond motifs is 1. The van der Waals surface area contributed by atoms with Crippen molar-refractivity contribution in [1.82, 2.24) is 9.88 Å². The van der Waals surface area contributed by atoms with E-state index in [4.69, 9.17) is 5.73 Å². The molecular weight excluding hydrogens is 317 g/mol. The number of nitrogens with two attached hydrogens (primary N) is 1. The van der Waals surface area contributed by atoms with Gasteiger partial charge in [0.2, 0.25) is 5.91 Å². The van der Waals surface area contributed by atoms with Crippen molar-refractivity contribution in [3.8, 4) is 11.3 Å². The van der Waals surface area contributed by atoms with Gasteiger partial charge in [-0.05, 0) is 61.1 Å². The topological polar surface area (TPSA) is 59.2 Å². The molecule has 1 saturated heterocycles. The summed E-state index contributed by atoms with van der Waals surface area (Å²) < 4.78 is 13.1. The summed E-state index contributed by atoms with van der Waals surface area (Å²) in [6.45, 7) is 1.75. The van der Waals surface area contributed by atoms with E-state index in [-0.39, 0.29) is 18.1 Å². The van der Waals surface area contributed by atoms with Crippen molar-refractivity contribution in [2.45, 2.75) is 25.7 Å². The van der Waals surface area contributed by atoms with Crippen molar-refractivity contribution < 1.29 is 9.18 Å². The fourth-order valence-corrected chi connectivity index (χ4v) is 4.13. The maximum Gasteiger partial charge on any atom is 0.228 e. The Morgan fingerprint density at radius 2 is 1.80 bits per heavy atom. The van der Waals surface area contributed by atoms with Crippen molar-refractivity contribution in [3.63, 3.8) is 0 Å². The fraction of sp³-hybridized carbons (Fsp3) is 0.400. The van der Waals surface area contributed by atoms with Gasteiger partial charge < -0.3 is 10.6 Å². The molecule has 2 fully saturated rings. The molecule has 1 saturated carbocycles. The predicted molar refractivity (Wildman–Crippen MR) is 95.2 cm³/mol. The summed E-state index contributed by atoms with van der Waals surface area (Å²) in [6.07, 6.45) is 4.01. The van der Waals surface area contributed by atoms with Crippen LogP contribution in [0.4, 0.5) is 10.1 Å². The van der Waals surface area contributed by atoms with E-state index in [1.54, 1.807) is 24.3 Å². The molecule has 2 unspecified atom stereocenters. The van der Waals surface area contributed by atoms with Crippen molar-refractivity contribution in [2.75, 3.05) is 18.8 Å². The lowest BCUT2D eigenvalue weighted by Crippen LogP contribution is -2.31. The van der Waals surface area contributed by atoms with Crippen molar-refractivity contribution in [3.05, 3.63) is 47.9 Å². The Balaban J connectivity index is 1.51. The van der Waals surface area contributed by atoms with E-state index in [9.17, 15) is 9.18 Å². The van der Waals surface area contributed by atoms with Crippen LogP contribution in [0.1, 0.15) is 25.0 Å². The molecule has 130 valence electrons. The van der Waals surface area contributed by atoms with E-state index in [1.165, 1.54) is 31.4 Å². The van der Waals surface area contributed by atoms with Gasteiger partial charge in [-0.1, -0.05) is 6.42 Å². The van der Waals surface area contributed by atoms with Crippen LogP contribution in [-0.4, -0.2) is 28.9 Å². The molecule has 25 heavy (non-hydrogen) atoms. The number of carbonyl (C=O) groups excluding carboxylic acids is 1. The Bertz CT molecular complexity index is 778. The molecule has 2 heterocycles. The SMILES string of the molecule is Nc1ccc(-c2ccc(F)cc2)nc1CC(=O)N1CC2CCCC2C1. The highest BCUT2D eigenvalue weighted by Crippen LogP contribution is 2.37. The molecule has 0 bridgehead atoms. The van der Waals surface area contributed by atoms with Gasteiger partial charge in [0.1, 0.15) is 5.82 Å². The summed E-state index contributed by atoms with van der Waals surface area (Å²) in [5.41, 5.74) is 8.68. The summed E-state index contributed by atoms with van der Waals surface area (Å²) >= 11 is 0. The van der Waals surface area contributed by atoms with Crippen molar-refractivity contribution in [2.24, 2.45) is 11.8 Å². The first-order valence-electron chi connectivity index (χ1n) is 8.89. The zero-order valence-corrected chi connectivity index (χ0v) is 14.1. The third-order valence-corrected chi connectivity index (χ3v) is 5.55. The molecule has 2 aliphatic rings. The minimum Gasteiger partial charge on any atom is -0.397 e. The summed E-state index contributed by atoms with van der Waals surface area (Å²) in [5, 5.41) is 0. The Labute approximate surface area is 146 Å². The smallest absolute Gasteiger partial charge is 0.228 e. The molecule has 4 rings (SSSR count). The van der Waals surface area contributed by atoms with E-state index in [0.29, 0.717) is 28.9 Å². The minimum atomic E-state index is -0.283. The molecule has 2 atom stereocenters. The summed E-state index contributed by atoms with van der Waals surface area (Å²) in [6, 6.07) is 9.74. The first kappa shape index (κ1) is 16.1. The van der Waals surface area contributed by atoms with Gasteiger partial charge in [-0.15, -0.1) is 0 Å². The van der Waals surface area contributed by atoms with Gasteiger partial charge in [-0.2, -0.15) is 0 Å². The minimum absolute atomic E-state index is 0.102. The average molecular weight is 339 g/mol. The number of halogens is 1. The van der Waals surface area contributed by atoms with E-state index < -0.39 is 0 Å². The number of carbonyl (C=O) groups is 1. The van der Waals surface area contributed by atoms with E-state index in [1.807, 2.05) is 4.90 Å². The Hall–Kier alpha value is -2.43. The van der Waals surface area contributed by atoms with Crippen LogP contribution in [0.5, 0.6) is 0 Å². The molecule has 1 aliphatic carbocycles. The molecule has 4 nitrogen and oxygen atoms in total. The molecule has 1 amide bonds. The van der Waals surface area contributed by atoms with Crippen LogP contribution in [0.25, 0.3) is 11.3 Å². The maximum absolute atomic E-state index is 13.1. The van der Waals surface area contributed by atoms with E-state index in [2.05, 4.69) is 4.98 Å². The number of likely N-dealkylation sites (tertiary alicyclic amines) is 1. The van der Waals surface area contributed by atoms with Gasteiger partial charge in [0.25, 0.3) is 0 Å². The largest absolute Gasteiger partial charge is 0.397 e. The first-order chi connectivity index (χ1) is 12.1. The third-order valence-electron chi connectivity index (χ3n) is 5.55. The van der Waals surface area contributed by atoms with Crippen LogP contribution in [-0.2, 0) is 11.2 Å².